The van der Waals surface area contributed by atoms with E-state index in [0.717, 1.165) is 11.8 Å². The van der Waals surface area contributed by atoms with Gasteiger partial charge in [-0.3, -0.25) is 0 Å². The molecule has 1 aliphatic carbocycles. The molecule has 1 aromatic heterocycles. The Bertz CT molecular complexity index is 325. The molecule has 0 bridgehead atoms. The zero-order valence-electron chi connectivity index (χ0n) is 12.3. The monoisotopic (exact) mass is 279 g/mol. The number of unbranched alkanes of at least 4 members (excludes halogenated alkanes) is 1. The molecule has 2 heteroatoms. The minimum absolute atomic E-state index is 0.423. The van der Waals surface area contributed by atoms with Crippen LogP contribution in [0.2, 0.25) is 0 Å². The van der Waals surface area contributed by atoms with E-state index >= 15 is 0 Å². The summed E-state index contributed by atoms with van der Waals surface area (Å²) in [5.74, 6) is 1.79. The van der Waals surface area contributed by atoms with Crippen LogP contribution in [0.25, 0.3) is 0 Å². The van der Waals surface area contributed by atoms with Crippen molar-refractivity contribution in [3.63, 3.8) is 0 Å². The van der Waals surface area contributed by atoms with Gasteiger partial charge in [-0.05, 0) is 59.9 Å². The molecule has 19 heavy (non-hydrogen) atoms. The Morgan fingerprint density at radius 1 is 1.32 bits per heavy atom. The average molecular weight is 279 g/mol. The SMILES string of the molecule is CCCCC1CCC(C(N)CCc2ccsc2)CC1. The molecule has 1 atom stereocenters. The van der Waals surface area contributed by atoms with E-state index in [-0.39, 0.29) is 0 Å². The lowest BCUT2D eigenvalue weighted by Gasteiger charge is -2.32. The maximum absolute atomic E-state index is 6.41. The van der Waals surface area contributed by atoms with Crippen molar-refractivity contribution in [2.75, 3.05) is 0 Å². The zero-order chi connectivity index (χ0) is 13.5. The van der Waals surface area contributed by atoms with Gasteiger partial charge in [-0.1, -0.05) is 39.0 Å². The van der Waals surface area contributed by atoms with Crippen molar-refractivity contribution in [1.82, 2.24) is 0 Å². The van der Waals surface area contributed by atoms with Gasteiger partial charge in [0.1, 0.15) is 0 Å². The van der Waals surface area contributed by atoms with Gasteiger partial charge in [0.25, 0.3) is 0 Å². The minimum Gasteiger partial charge on any atom is -0.327 e. The Morgan fingerprint density at radius 3 is 2.74 bits per heavy atom. The average Bonchev–Trinajstić information content (AvgIpc) is 2.96. The predicted octanol–water partition coefficient (Wildman–Crippen LogP) is 5.00. The largest absolute Gasteiger partial charge is 0.327 e. The number of rotatable bonds is 7. The maximum Gasteiger partial charge on any atom is 0.00703 e. The highest BCUT2D eigenvalue weighted by molar-refractivity contribution is 7.07. The Balaban J connectivity index is 1.65. The molecule has 0 saturated heterocycles. The summed E-state index contributed by atoms with van der Waals surface area (Å²) in [5, 5.41) is 4.42. The third-order valence-electron chi connectivity index (χ3n) is 4.81. The van der Waals surface area contributed by atoms with E-state index in [1.54, 1.807) is 11.3 Å². The van der Waals surface area contributed by atoms with Crippen molar-refractivity contribution in [1.29, 1.82) is 0 Å². The highest BCUT2D eigenvalue weighted by Gasteiger charge is 2.24. The summed E-state index contributed by atoms with van der Waals surface area (Å²) in [7, 11) is 0. The third-order valence-corrected chi connectivity index (χ3v) is 5.54. The molecule has 1 nitrogen and oxygen atoms in total. The molecular formula is C17H29NS. The highest BCUT2D eigenvalue weighted by Crippen LogP contribution is 2.34. The Hall–Kier alpha value is -0.340. The summed E-state index contributed by atoms with van der Waals surface area (Å²) in [6.45, 7) is 2.30. The standard InChI is InChI=1S/C17H29NS/c1-2-3-4-14-5-8-16(9-6-14)17(18)10-7-15-11-12-19-13-15/h11-14,16-17H,2-10,18H2,1H3. The van der Waals surface area contributed by atoms with Crippen molar-refractivity contribution in [2.45, 2.75) is 70.8 Å². The summed E-state index contributed by atoms with van der Waals surface area (Å²) in [4.78, 5) is 0. The summed E-state index contributed by atoms with van der Waals surface area (Å²) >= 11 is 1.79. The van der Waals surface area contributed by atoms with Crippen LogP contribution < -0.4 is 5.73 Å². The topological polar surface area (TPSA) is 26.0 Å². The van der Waals surface area contributed by atoms with Crippen molar-refractivity contribution in [3.05, 3.63) is 22.4 Å². The zero-order valence-corrected chi connectivity index (χ0v) is 13.1. The molecule has 108 valence electrons. The molecule has 0 aromatic carbocycles. The van der Waals surface area contributed by atoms with Gasteiger partial charge in [-0.2, -0.15) is 11.3 Å². The van der Waals surface area contributed by atoms with E-state index in [1.165, 1.54) is 63.4 Å². The van der Waals surface area contributed by atoms with Gasteiger partial charge in [-0.15, -0.1) is 0 Å². The first-order valence-corrected chi connectivity index (χ1v) is 9.00. The molecular weight excluding hydrogens is 250 g/mol. The molecule has 2 N–H and O–H groups in total. The fourth-order valence-electron chi connectivity index (χ4n) is 3.40. The van der Waals surface area contributed by atoms with Gasteiger partial charge in [0.2, 0.25) is 0 Å². The number of aryl methyl sites for hydroxylation is 1. The molecule has 0 amide bonds. The van der Waals surface area contributed by atoms with Gasteiger partial charge in [0, 0.05) is 6.04 Å². The highest BCUT2D eigenvalue weighted by atomic mass is 32.1. The predicted molar refractivity (Wildman–Crippen MR) is 85.6 cm³/mol. The van der Waals surface area contributed by atoms with Crippen molar-refractivity contribution in [2.24, 2.45) is 17.6 Å². The van der Waals surface area contributed by atoms with Crippen molar-refractivity contribution in [3.8, 4) is 0 Å². The van der Waals surface area contributed by atoms with Crippen LogP contribution in [-0.2, 0) is 6.42 Å². The first-order valence-electron chi connectivity index (χ1n) is 8.06. The van der Waals surface area contributed by atoms with Gasteiger partial charge in [0.05, 0.1) is 0 Å². The van der Waals surface area contributed by atoms with Crippen molar-refractivity contribution < 1.29 is 0 Å². The molecule has 1 unspecified atom stereocenters. The first-order chi connectivity index (χ1) is 9.29. The van der Waals surface area contributed by atoms with Crippen LogP contribution in [0.15, 0.2) is 16.8 Å². The molecule has 0 aliphatic heterocycles. The van der Waals surface area contributed by atoms with Crippen LogP contribution in [0.1, 0.15) is 63.9 Å². The lowest BCUT2D eigenvalue weighted by molar-refractivity contribution is 0.226. The Morgan fingerprint density at radius 2 is 2.11 bits per heavy atom. The molecule has 1 heterocycles. The maximum atomic E-state index is 6.41. The minimum atomic E-state index is 0.423. The van der Waals surface area contributed by atoms with Crippen LogP contribution in [0, 0.1) is 11.8 Å². The van der Waals surface area contributed by atoms with Gasteiger partial charge >= 0.3 is 0 Å². The van der Waals surface area contributed by atoms with E-state index in [0.29, 0.717) is 6.04 Å². The second kappa shape index (κ2) is 8.06. The second-order valence-electron chi connectivity index (χ2n) is 6.26. The molecule has 1 aliphatic rings. The van der Waals surface area contributed by atoms with E-state index in [1.807, 2.05) is 0 Å². The number of nitrogens with two attached hydrogens (primary N) is 1. The molecule has 1 aromatic rings. The molecule has 0 spiro atoms. The smallest absolute Gasteiger partial charge is 0.00703 e. The van der Waals surface area contributed by atoms with E-state index in [9.17, 15) is 0 Å². The van der Waals surface area contributed by atoms with Crippen LogP contribution >= 0.6 is 11.3 Å². The second-order valence-corrected chi connectivity index (χ2v) is 7.04. The van der Waals surface area contributed by atoms with Gasteiger partial charge in [0.15, 0.2) is 0 Å². The fourth-order valence-corrected chi connectivity index (χ4v) is 4.10. The third kappa shape index (κ3) is 4.92. The first kappa shape index (κ1) is 15.1. The van der Waals surface area contributed by atoms with E-state index < -0.39 is 0 Å². The van der Waals surface area contributed by atoms with Gasteiger partial charge < -0.3 is 5.73 Å². The van der Waals surface area contributed by atoms with E-state index in [2.05, 4.69) is 23.8 Å². The van der Waals surface area contributed by atoms with Crippen LogP contribution in [-0.4, -0.2) is 6.04 Å². The molecule has 1 saturated carbocycles. The fraction of sp³-hybridized carbons (Fsp3) is 0.765. The van der Waals surface area contributed by atoms with Crippen LogP contribution in [0.5, 0.6) is 0 Å². The van der Waals surface area contributed by atoms with Crippen molar-refractivity contribution >= 4 is 11.3 Å². The number of hydrogen-bond acceptors (Lipinski definition) is 2. The van der Waals surface area contributed by atoms with Crippen LogP contribution in [0.3, 0.4) is 0 Å². The Labute approximate surface area is 122 Å². The summed E-state index contributed by atoms with van der Waals surface area (Å²) < 4.78 is 0. The lowest BCUT2D eigenvalue weighted by atomic mass is 9.76. The Kier molecular flexibility index (Phi) is 6.39. The van der Waals surface area contributed by atoms with Crippen LogP contribution in [0.4, 0.5) is 0 Å². The summed E-state index contributed by atoms with van der Waals surface area (Å²) in [6.07, 6.45) is 12.2. The number of thiophene rings is 1. The number of hydrogen-bond donors (Lipinski definition) is 1. The molecule has 2 rings (SSSR count). The lowest BCUT2D eigenvalue weighted by Crippen LogP contribution is -2.33. The molecule has 0 radical (unpaired) electrons. The summed E-state index contributed by atoms with van der Waals surface area (Å²) in [5.41, 5.74) is 7.88. The van der Waals surface area contributed by atoms with E-state index in [4.69, 9.17) is 5.73 Å². The summed E-state index contributed by atoms with van der Waals surface area (Å²) in [6, 6.07) is 2.66. The normalized spacial score (nSPS) is 25.4. The quantitative estimate of drug-likeness (QED) is 0.746. The molecule has 1 fully saturated rings. The van der Waals surface area contributed by atoms with Gasteiger partial charge in [-0.25, -0.2) is 0 Å².